The molecule has 0 aliphatic carbocycles. The second-order valence-corrected chi connectivity index (χ2v) is 9.60. The van der Waals surface area contributed by atoms with Crippen molar-refractivity contribution in [3.05, 3.63) is 75.8 Å². The zero-order chi connectivity index (χ0) is 23.0. The summed E-state index contributed by atoms with van der Waals surface area (Å²) >= 11 is 3.26. The topological polar surface area (TPSA) is 87.8 Å². The van der Waals surface area contributed by atoms with Crippen LogP contribution in [0.25, 0.3) is 11.1 Å². The number of hydrogen-bond donors (Lipinski definition) is 1. The Morgan fingerprint density at radius 1 is 1.16 bits per heavy atom. The van der Waals surface area contributed by atoms with E-state index in [1.807, 2.05) is 6.07 Å². The number of hydrogen-bond acceptors (Lipinski definition) is 5. The molecule has 0 amide bonds. The van der Waals surface area contributed by atoms with Crippen molar-refractivity contribution in [2.24, 2.45) is 5.14 Å². The second-order valence-electron chi connectivity index (χ2n) is 7.13. The van der Waals surface area contributed by atoms with Crippen LogP contribution in [-0.4, -0.2) is 22.1 Å². The Morgan fingerprint density at radius 2 is 1.94 bits per heavy atom. The van der Waals surface area contributed by atoms with Crippen molar-refractivity contribution in [2.45, 2.75) is 18.5 Å². The van der Waals surface area contributed by atoms with Crippen LogP contribution in [0.15, 0.2) is 59.1 Å². The minimum absolute atomic E-state index is 0.0676. The number of nitrogens with two attached hydrogens (primary N) is 1. The zero-order valence-electron chi connectivity index (χ0n) is 16.7. The molecule has 6 nitrogen and oxygen atoms in total. The summed E-state index contributed by atoms with van der Waals surface area (Å²) < 4.78 is 66.2. The molecule has 1 unspecified atom stereocenters. The van der Waals surface area contributed by atoms with Gasteiger partial charge in [0.15, 0.2) is 5.75 Å². The Morgan fingerprint density at radius 3 is 2.62 bits per heavy atom. The molecule has 168 valence electrons. The summed E-state index contributed by atoms with van der Waals surface area (Å²) in [4.78, 5) is 0. The van der Waals surface area contributed by atoms with Crippen LogP contribution in [0, 0.1) is 0 Å². The third kappa shape index (κ3) is 4.57. The molecule has 3 aromatic carbocycles. The van der Waals surface area contributed by atoms with E-state index in [1.165, 1.54) is 0 Å². The molecule has 0 radical (unpaired) electrons. The van der Waals surface area contributed by atoms with Gasteiger partial charge in [-0.1, -0.05) is 30.3 Å². The van der Waals surface area contributed by atoms with Crippen molar-refractivity contribution in [1.82, 2.24) is 0 Å². The molecular formula is C22H18BrF2NO5S. The Kier molecular flexibility index (Phi) is 6.11. The monoisotopic (exact) mass is 525 g/mol. The third-order valence-corrected chi connectivity index (χ3v) is 6.32. The van der Waals surface area contributed by atoms with Gasteiger partial charge in [-0.15, -0.1) is 0 Å². The van der Waals surface area contributed by atoms with E-state index in [1.54, 1.807) is 55.6 Å². The van der Waals surface area contributed by atoms with Gasteiger partial charge in [-0.05, 0) is 51.3 Å². The minimum atomic E-state index is -3.78. The van der Waals surface area contributed by atoms with Crippen molar-refractivity contribution in [1.29, 1.82) is 0 Å². The molecule has 0 saturated heterocycles. The minimum Gasteiger partial charge on any atom is -0.497 e. The normalized spacial score (nSPS) is 15.0. The van der Waals surface area contributed by atoms with Crippen molar-refractivity contribution >= 4 is 26.0 Å². The van der Waals surface area contributed by atoms with Gasteiger partial charge in [-0.25, -0.2) is 13.6 Å². The lowest BCUT2D eigenvalue weighted by Crippen LogP contribution is -2.18. The lowest BCUT2D eigenvalue weighted by molar-refractivity contribution is -0.0501. The van der Waals surface area contributed by atoms with Gasteiger partial charge in [0, 0.05) is 11.1 Å². The van der Waals surface area contributed by atoms with Crippen LogP contribution in [0.4, 0.5) is 8.78 Å². The summed E-state index contributed by atoms with van der Waals surface area (Å²) in [6, 6.07) is 15.3. The molecule has 0 saturated carbocycles. The summed E-state index contributed by atoms with van der Waals surface area (Å²) in [5.41, 5.74) is 2.69. The van der Waals surface area contributed by atoms with Crippen LogP contribution in [0.2, 0.25) is 0 Å². The molecule has 32 heavy (non-hydrogen) atoms. The Labute approximate surface area is 192 Å². The van der Waals surface area contributed by atoms with Crippen LogP contribution in [-0.2, 0) is 15.8 Å². The standard InChI is InChI=1S/C22H18BrF2NO5S/c1-29-14-4-2-3-13(10-14)20-16-9-12(11-32(26,27)28)5-6-15(16)19-18(30-20)8-7-17(23)21(19)31-22(24)25/h2-10,20,22H,11H2,1H3,(H2,26,27,28). The summed E-state index contributed by atoms with van der Waals surface area (Å²) in [7, 11) is -2.24. The highest BCUT2D eigenvalue weighted by Gasteiger charge is 2.32. The van der Waals surface area contributed by atoms with Crippen molar-refractivity contribution in [2.75, 3.05) is 7.11 Å². The third-order valence-electron chi connectivity index (χ3n) is 4.96. The Hall–Kier alpha value is -2.69. The Balaban J connectivity index is 1.94. The number of sulfonamides is 1. The predicted molar refractivity (Wildman–Crippen MR) is 118 cm³/mol. The molecule has 0 spiro atoms. The number of alkyl halides is 2. The number of ether oxygens (including phenoxy) is 3. The first-order valence-electron chi connectivity index (χ1n) is 9.38. The van der Waals surface area contributed by atoms with Crippen molar-refractivity contribution in [3.8, 4) is 28.4 Å². The molecule has 0 bridgehead atoms. The Bertz CT molecular complexity index is 1280. The second kappa shape index (κ2) is 8.68. The molecule has 1 atom stereocenters. The van der Waals surface area contributed by atoms with Gasteiger partial charge in [0.2, 0.25) is 10.0 Å². The van der Waals surface area contributed by atoms with Crippen LogP contribution in [0.3, 0.4) is 0 Å². The molecule has 1 aliphatic heterocycles. The molecule has 3 aromatic rings. The summed E-state index contributed by atoms with van der Waals surface area (Å²) in [5.74, 6) is 0.513. The molecule has 1 heterocycles. The first-order chi connectivity index (χ1) is 15.2. The fraction of sp³-hybridized carbons (Fsp3) is 0.182. The van der Waals surface area contributed by atoms with E-state index in [2.05, 4.69) is 15.9 Å². The number of rotatable bonds is 6. The van der Waals surface area contributed by atoms with Gasteiger partial charge >= 0.3 is 6.61 Å². The van der Waals surface area contributed by atoms with E-state index in [9.17, 15) is 17.2 Å². The maximum atomic E-state index is 13.1. The van der Waals surface area contributed by atoms with E-state index in [0.717, 1.165) is 5.56 Å². The maximum absolute atomic E-state index is 13.1. The zero-order valence-corrected chi connectivity index (χ0v) is 19.1. The van der Waals surface area contributed by atoms with Gasteiger partial charge < -0.3 is 14.2 Å². The molecule has 0 aromatic heterocycles. The SMILES string of the molecule is COc1cccc(C2Oc3ccc(Br)c(OC(F)F)c3-c3ccc(CS(N)(=O)=O)cc32)c1. The average Bonchev–Trinajstić information content (AvgIpc) is 2.73. The van der Waals surface area contributed by atoms with Crippen LogP contribution >= 0.6 is 15.9 Å². The molecule has 2 N–H and O–H groups in total. The van der Waals surface area contributed by atoms with Gasteiger partial charge in [-0.2, -0.15) is 8.78 Å². The van der Waals surface area contributed by atoms with Crippen molar-refractivity contribution < 1.29 is 31.4 Å². The number of methoxy groups -OCH3 is 1. The maximum Gasteiger partial charge on any atom is 0.387 e. The first kappa shape index (κ1) is 22.5. The first-order valence-corrected chi connectivity index (χ1v) is 11.9. The van der Waals surface area contributed by atoms with E-state index in [-0.39, 0.29) is 11.5 Å². The highest BCUT2D eigenvalue weighted by atomic mass is 79.9. The van der Waals surface area contributed by atoms with Crippen LogP contribution in [0.1, 0.15) is 22.8 Å². The molecular weight excluding hydrogens is 508 g/mol. The highest BCUT2D eigenvalue weighted by Crippen LogP contribution is 2.52. The van der Waals surface area contributed by atoms with E-state index in [4.69, 9.17) is 19.3 Å². The lowest BCUT2D eigenvalue weighted by Gasteiger charge is -2.31. The lowest BCUT2D eigenvalue weighted by atomic mass is 9.88. The fourth-order valence-corrected chi connectivity index (χ4v) is 4.79. The fourth-order valence-electron chi connectivity index (χ4n) is 3.72. The highest BCUT2D eigenvalue weighted by molar-refractivity contribution is 9.10. The molecule has 10 heteroatoms. The summed E-state index contributed by atoms with van der Waals surface area (Å²) in [5, 5.41) is 5.22. The largest absolute Gasteiger partial charge is 0.497 e. The van der Waals surface area contributed by atoms with E-state index in [0.29, 0.717) is 38.2 Å². The van der Waals surface area contributed by atoms with E-state index >= 15 is 0 Å². The van der Waals surface area contributed by atoms with Gasteiger partial charge in [-0.3, -0.25) is 0 Å². The molecule has 1 aliphatic rings. The molecule has 0 fully saturated rings. The number of benzene rings is 3. The van der Waals surface area contributed by atoms with Gasteiger partial charge in [0.1, 0.15) is 17.6 Å². The van der Waals surface area contributed by atoms with E-state index < -0.39 is 22.7 Å². The van der Waals surface area contributed by atoms with Crippen molar-refractivity contribution in [3.63, 3.8) is 0 Å². The molecule has 4 rings (SSSR count). The number of halogens is 3. The summed E-state index contributed by atoms with van der Waals surface area (Å²) in [6.45, 7) is -3.04. The number of fused-ring (bicyclic) bond motifs is 3. The van der Waals surface area contributed by atoms with Gasteiger partial charge in [0.05, 0.1) is 22.9 Å². The van der Waals surface area contributed by atoms with Crippen LogP contribution < -0.4 is 19.3 Å². The predicted octanol–water partition coefficient (Wildman–Crippen LogP) is 5.00. The number of primary sulfonamides is 1. The van der Waals surface area contributed by atoms with Gasteiger partial charge in [0.25, 0.3) is 0 Å². The van der Waals surface area contributed by atoms with Crippen LogP contribution in [0.5, 0.6) is 17.2 Å². The summed E-state index contributed by atoms with van der Waals surface area (Å²) in [6.07, 6.45) is -0.645. The quantitative estimate of drug-likeness (QED) is 0.489. The smallest absolute Gasteiger partial charge is 0.387 e. The average molecular weight is 526 g/mol.